The van der Waals surface area contributed by atoms with Crippen LogP contribution >= 0.6 is 11.3 Å². The number of hydrogen-bond acceptors (Lipinski definition) is 5. The Balaban J connectivity index is 2.10. The van der Waals surface area contributed by atoms with Gasteiger partial charge >= 0.3 is 0 Å². The molecule has 7 heteroatoms. The van der Waals surface area contributed by atoms with E-state index in [2.05, 4.69) is 0 Å². The highest BCUT2D eigenvalue weighted by Crippen LogP contribution is 2.40. The Labute approximate surface area is 148 Å². The van der Waals surface area contributed by atoms with E-state index in [0.717, 1.165) is 0 Å². The minimum absolute atomic E-state index is 0.103. The molecule has 0 unspecified atom stereocenters. The van der Waals surface area contributed by atoms with Gasteiger partial charge in [0.05, 0.1) is 23.1 Å². The van der Waals surface area contributed by atoms with Gasteiger partial charge in [0.1, 0.15) is 5.82 Å². The smallest absolute Gasteiger partial charge is 0.290 e. The number of Topliss-reactive ketones (excluding diaryl/α,β-unsaturated/α-hetero) is 1. The number of halogens is 1. The Morgan fingerprint density at radius 2 is 2.08 bits per heavy atom. The summed E-state index contributed by atoms with van der Waals surface area (Å²) in [4.78, 5) is 27.0. The van der Waals surface area contributed by atoms with Crippen LogP contribution in [0, 0.1) is 5.82 Å². The number of carbonyl (C=O) groups is 2. The Kier molecular flexibility index (Phi) is 4.96. The van der Waals surface area contributed by atoms with E-state index < -0.39 is 29.3 Å². The van der Waals surface area contributed by atoms with Gasteiger partial charge in [-0.1, -0.05) is 24.3 Å². The summed E-state index contributed by atoms with van der Waals surface area (Å²) in [5, 5.41) is 12.1. The lowest BCUT2D eigenvalue weighted by Crippen LogP contribution is -2.34. The number of aliphatic hydroxyl groups excluding tert-OH is 1. The summed E-state index contributed by atoms with van der Waals surface area (Å²) in [6.45, 7) is 0.323. The lowest BCUT2D eigenvalue weighted by Gasteiger charge is -2.26. The van der Waals surface area contributed by atoms with Crippen molar-refractivity contribution >= 4 is 23.0 Å². The van der Waals surface area contributed by atoms with Gasteiger partial charge in [-0.15, -0.1) is 11.3 Å². The molecule has 130 valence electrons. The number of methoxy groups -OCH3 is 1. The van der Waals surface area contributed by atoms with Gasteiger partial charge in [0.15, 0.2) is 5.76 Å². The van der Waals surface area contributed by atoms with Gasteiger partial charge in [0, 0.05) is 19.2 Å². The molecule has 1 amide bonds. The fraction of sp³-hybridized carbons (Fsp3) is 0.222. The SMILES string of the molecule is COCCN1C(=O)C(O)=C(C(=O)c2cccs2)[C@H]1c1ccccc1F. The van der Waals surface area contributed by atoms with E-state index in [-0.39, 0.29) is 24.3 Å². The molecule has 0 saturated carbocycles. The summed E-state index contributed by atoms with van der Waals surface area (Å²) in [7, 11) is 1.48. The molecule has 3 rings (SSSR count). The second kappa shape index (κ2) is 7.16. The first-order chi connectivity index (χ1) is 12.1. The lowest BCUT2D eigenvalue weighted by atomic mass is 9.95. The number of hydrogen-bond donors (Lipinski definition) is 1. The Hall–Kier alpha value is -2.51. The second-order valence-corrected chi connectivity index (χ2v) is 6.43. The summed E-state index contributed by atoms with van der Waals surface area (Å²) < 4.78 is 19.4. The number of benzene rings is 1. The first-order valence-electron chi connectivity index (χ1n) is 7.62. The largest absolute Gasteiger partial charge is 0.503 e. The lowest BCUT2D eigenvalue weighted by molar-refractivity contribution is -0.130. The number of rotatable bonds is 6. The molecule has 0 spiro atoms. The van der Waals surface area contributed by atoms with Crippen LogP contribution in [0.4, 0.5) is 4.39 Å². The standard InChI is InChI=1S/C18H16FNO4S/c1-24-9-8-20-15(11-5-2-3-6-12(11)19)14(17(22)18(20)23)16(21)13-7-4-10-25-13/h2-7,10,15,22H,8-9H2,1H3/t15-/m1/s1. The molecule has 0 aliphatic carbocycles. The van der Waals surface area contributed by atoms with Crippen molar-refractivity contribution in [2.24, 2.45) is 0 Å². The highest BCUT2D eigenvalue weighted by molar-refractivity contribution is 7.12. The predicted molar refractivity (Wildman–Crippen MR) is 91.0 cm³/mol. The number of ether oxygens (including phenoxy) is 1. The normalized spacial score (nSPS) is 17.4. The van der Waals surface area contributed by atoms with Crippen LogP contribution < -0.4 is 0 Å². The summed E-state index contributed by atoms with van der Waals surface area (Å²) >= 11 is 1.20. The molecule has 0 bridgehead atoms. The van der Waals surface area contributed by atoms with Crippen molar-refractivity contribution in [1.82, 2.24) is 4.90 Å². The van der Waals surface area contributed by atoms with Crippen LogP contribution in [-0.2, 0) is 9.53 Å². The molecule has 25 heavy (non-hydrogen) atoms. The molecule has 0 radical (unpaired) electrons. The summed E-state index contributed by atoms with van der Waals surface area (Å²) in [6, 6.07) is 8.24. The van der Waals surface area contributed by atoms with Crippen LogP contribution in [0.3, 0.4) is 0 Å². The minimum Gasteiger partial charge on any atom is -0.503 e. The van der Waals surface area contributed by atoms with Gasteiger partial charge in [-0.05, 0) is 17.5 Å². The molecule has 1 aromatic carbocycles. The zero-order chi connectivity index (χ0) is 18.0. The number of ketones is 1. The van der Waals surface area contributed by atoms with Crippen LogP contribution in [0.15, 0.2) is 53.1 Å². The second-order valence-electron chi connectivity index (χ2n) is 5.48. The molecular weight excluding hydrogens is 345 g/mol. The fourth-order valence-corrected chi connectivity index (χ4v) is 3.54. The van der Waals surface area contributed by atoms with E-state index in [0.29, 0.717) is 4.88 Å². The third-order valence-electron chi connectivity index (χ3n) is 4.03. The van der Waals surface area contributed by atoms with Crippen LogP contribution in [0.1, 0.15) is 21.3 Å². The quantitative estimate of drug-likeness (QED) is 0.803. The molecule has 1 atom stereocenters. The first-order valence-corrected chi connectivity index (χ1v) is 8.50. The van der Waals surface area contributed by atoms with Crippen LogP contribution in [0.5, 0.6) is 0 Å². The van der Waals surface area contributed by atoms with Crippen molar-refractivity contribution in [2.45, 2.75) is 6.04 Å². The van der Waals surface area contributed by atoms with Crippen molar-refractivity contribution in [3.05, 3.63) is 69.4 Å². The van der Waals surface area contributed by atoms with Gasteiger partial charge in [-0.3, -0.25) is 9.59 Å². The molecule has 1 aliphatic rings. The third-order valence-corrected chi connectivity index (χ3v) is 4.90. The number of nitrogens with zero attached hydrogens (tertiary/aromatic N) is 1. The minimum atomic E-state index is -0.988. The number of amides is 1. The summed E-state index contributed by atoms with van der Waals surface area (Å²) in [6.07, 6.45) is 0. The molecule has 2 aromatic rings. The van der Waals surface area contributed by atoms with Crippen LogP contribution in [-0.4, -0.2) is 42.0 Å². The zero-order valence-electron chi connectivity index (χ0n) is 13.4. The molecule has 1 aliphatic heterocycles. The van der Waals surface area contributed by atoms with Gasteiger partial charge in [-0.2, -0.15) is 0 Å². The number of carbonyl (C=O) groups excluding carboxylic acids is 2. The van der Waals surface area contributed by atoms with Crippen molar-refractivity contribution in [3.8, 4) is 0 Å². The number of aliphatic hydroxyl groups is 1. The topological polar surface area (TPSA) is 66.8 Å². The molecular formula is C18H16FNO4S. The molecule has 2 heterocycles. The summed E-state index contributed by atoms with van der Waals surface area (Å²) in [5.41, 5.74) is 0.0598. The van der Waals surface area contributed by atoms with E-state index in [1.165, 1.54) is 41.5 Å². The Morgan fingerprint density at radius 1 is 1.32 bits per heavy atom. The van der Waals surface area contributed by atoms with E-state index in [1.807, 2.05) is 0 Å². The Morgan fingerprint density at radius 3 is 2.72 bits per heavy atom. The zero-order valence-corrected chi connectivity index (χ0v) is 14.3. The van der Waals surface area contributed by atoms with Crippen LogP contribution in [0.25, 0.3) is 0 Å². The molecule has 5 nitrogen and oxygen atoms in total. The molecule has 0 saturated heterocycles. The van der Waals surface area contributed by atoms with Crippen molar-refractivity contribution in [1.29, 1.82) is 0 Å². The molecule has 1 N–H and O–H groups in total. The average molecular weight is 361 g/mol. The predicted octanol–water partition coefficient (Wildman–Crippen LogP) is 3.11. The summed E-state index contributed by atoms with van der Waals surface area (Å²) in [5.74, 6) is -2.36. The maximum Gasteiger partial charge on any atom is 0.290 e. The van der Waals surface area contributed by atoms with Crippen molar-refractivity contribution in [3.63, 3.8) is 0 Å². The Bertz CT molecular complexity index is 831. The monoisotopic (exact) mass is 361 g/mol. The van der Waals surface area contributed by atoms with Gasteiger partial charge < -0.3 is 14.7 Å². The van der Waals surface area contributed by atoms with E-state index in [4.69, 9.17) is 4.74 Å². The molecule has 0 fully saturated rings. The highest BCUT2D eigenvalue weighted by atomic mass is 32.1. The van der Waals surface area contributed by atoms with Crippen molar-refractivity contribution < 1.29 is 23.8 Å². The van der Waals surface area contributed by atoms with E-state index in [9.17, 15) is 19.1 Å². The van der Waals surface area contributed by atoms with Gasteiger partial charge in [0.25, 0.3) is 5.91 Å². The van der Waals surface area contributed by atoms with E-state index in [1.54, 1.807) is 23.6 Å². The number of thiophene rings is 1. The maximum absolute atomic E-state index is 14.4. The maximum atomic E-state index is 14.4. The first kappa shape index (κ1) is 17.3. The molecule has 1 aromatic heterocycles. The highest BCUT2D eigenvalue weighted by Gasteiger charge is 2.44. The third kappa shape index (κ3) is 3.08. The van der Waals surface area contributed by atoms with Crippen molar-refractivity contribution in [2.75, 3.05) is 20.3 Å². The average Bonchev–Trinajstić information content (AvgIpc) is 3.22. The van der Waals surface area contributed by atoms with Gasteiger partial charge in [-0.25, -0.2) is 4.39 Å². The van der Waals surface area contributed by atoms with E-state index >= 15 is 0 Å². The van der Waals surface area contributed by atoms with Crippen LogP contribution in [0.2, 0.25) is 0 Å². The van der Waals surface area contributed by atoms with Gasteiger partial charge in [0.2, 0.25) is 5.78 Å². The fourth-order valence-electron chi connectivity index (χ4n) is 2.87.